The number of rotatable bonds is 6. The lowest BCUT2D eigenvalue weighted by Crippen LogP contribution is -3.00. The Kier molecular flexibility index (Phi) is 6.71. The summed E-state index contributed by atoms with van der Waals surface area (Å²) in [5, 5.41) is 3.25. The molecule has 30 heavy (non-hydrogen) atoms. The van der Waals surface area contributed by atoms with Crippen LogP contribution in [0.2, 0.25) is 0 Å². The molecule has 1 saturated heterocycles. The first-order chi connectivity index (χ1) is 14.1. The smallest absolute Gasteiger partial charge is 0.220 e. The van der Waals surface area contributed by atoms with E-state index in [-0.39, 0.29) is 35.6 Å². The van der Waals surface area contributed by atoms with Gasteiger partial charge in [-0.2, -0.15) is 0 Å². The van der Waals surface area contributed by atoms with Crippen LogP contribution in [0.5, 0.6) is 0 Å². The third kappa shape index (κ3) is 4.68. The zero-order chi connectivity index (χ0) is 19.8. The number of nitrogens with zero attached hydrogens (tertiary/aromatic N) is 1. The van der Waals surface area contributed by atoms with Crippen LogP contribution in [0.25, 0.3) is 0 Å². The van der Waals surface area contributed by atoms with E-state index in [1.165, 1.54) is 50.7 Å². The summed E-state index contributed by atoms with van der Waals surface area (Å²) in [5.41, 5.74) is 1.33. The molecule has 1 aromatic rings. The van der Waals surface area contributed by atoms with Gasteiger partial charge in [-0.1, -0.05) is 12.1 Å². The van der Waals surface area contributed by atoms with Crippen LogP contribution in [-0.4, -0.2) is 43.7 Å². The van der Waals surface area contributed by atoms with Crippen molar-refractivity contribution in [2.24, 2.45) is 23.2 Å². The first-order valence-electron chi connectivity index (χ1n) is 11.4. The highest BCUT2D eigenvalue weighted by Crippen LogP contribution is 2.61. The molecule has 1 aromatic carbocycles. The van der Waals surface area contributed by atoms with Gasteiger partial charge in [-0.3, -0.25) is 9.69 Å². The normalized spacial score (nSPS) is 33.7. The molecule has 4 bridgehead atoms. The number of carbonyl (C=O) groups is 1. The molecule has 4 saturated carbocycles. The van der Waals surface area contributed by atoms with Crippen LogP contribution in [0, 0.1) is 29.0 Å². The highest BCUT2D eigenvalue weighted by Gasteiger charge is 2.51. The second-order valence-corrected chi connectivity index (χ2v) is 10.1. The Morgan fingerprint density at radius 1 is 1.07 bits per heavy atom. The van der Waals surface area contributed by atoms with Crippen molar-refractivity contribution in [2.75, 3.05) is 32.8 Å². The second-order valence-electron chi connectivity index (χ2n) is 10.1. The van der Waals surface area contributed by atoms with Gasteiger partial charge in [0.1, 0.15) is 5.82 Å². The molecule has 0 radical (unpaired) electrons. The van der Waals surface area contributed by atoms with Crippen LogP contribution in [0.1, 0.15) is 56.6 Å². The van der Waals surface area contributed by atoms with E-state index in [1.807, 2.05) is 12.1 Å². The van der Waals surface area contributed by atoms with E-state index in [0.717, 1.165) is 36.4 Å². The molecule has 1 amide bonds. The number of hydrogen-bond donors (Lipinski definition) is 1. The maximum absolute atomic E-state index is 13.4. The molecule has 4 aliphatic carbocycles. The molecule has 1 N–H and O–H groups in total. The average Bonchev–Trinajstić information content (AvgIpc) is 2.69. The molecule has 1 unspecified atom stereocenters. The molecule has 1 atom stereocenters. The number of nitrogens with one attached hydrogen (secondary N) is 1. The fourth-order valence-corrected chi connectivity index (χ4v) is 7.15. The van der Waals surface area contributed by atoms with E-state index in [4.69, 9.17) is 4.74 Å². The summed E-state index contributed by atoms with van der Waals surface area (Å²) < 4.78 is 18.9. The molecule has 0 spiro atoms. The van der Waals surface area contributed by atoms with Crippen molar-refractivity contribution in [1.29, 1.82) is 0 Å². The summed E-state index contributed by atoms with van der Waals surface area (Å²) in [4.78, 5) is 15.3. The second kappa shape index (κ2) is 9.13. The molecule has 6 heteroatoms. The van der Waals surface area contributed by atoms with Crippen molar-refractivity contribution in [3.63, 3.8) is 0 Å². The van der Waals surface area contributed by atoms with Gasteiger partial charge in [0.25, 0.3) is 0 Å². The standard InChI is InChI=1S/C24H33FN2O2.ClH/c25-21-3-1-20(2-4-21)22(27-5-7-29-8-6-27)16-26-23(28)15-24-12-17-9-18(13-24)11-19(10-17)14-24;/h1-4,17-19,22H,5-16H2,(H,26,28);1H/p-1. The Morgan fingerprint density at radius 3 is 2.20 bits per heavy atom. The fourth-order valence-electron chi connectivity index (χ4n) is 7.15. The minimum Gasteiger partial charge on any atom is -1.00 e. The predicted octanol–water partition coefficient (Wildman–Crippen LogP) is 0.926. The number of amides is 1. The third-order valence-corrected chi connectivity index (χ3v) is 7.93. The number of benzene rings is 1. The summed E-state index contributed by atoms with van der Waals surface area (Å²) >= 11 is 0. The molecule has 166 valence electrons. The lowest BCUT2D eigenvalue weighted by Gasteiger charge is -2.56. The summed E-state index contributed by atoms with van der Waals surface area (Å²) in [6.07, 6.45) is 8.70. The first-order valence-corrected chi connectivity index (χ1v) is 11.4. The van der Waals surface area contributed by atoms with Gasteiger partial charge < -0.3 is 22.5 Å². The molecule has 1 heterocycles. The predicted molar refractivity (Wildman–Crippen MR) is 110 cm³/mol. The zero-order valence-corrected chi connectivity index (χ0v) is 18.4. The van der Waals surface area contributed by atoms with E-state index >= 15 is 0 Å². The first kappa shape index (κ1) is 22.0. The Balaban J connectivity index is 0.00000218. The lowest BCUT2D eigenvalue weighted by molar-refractivity contribution is -0.129. The summed E-state index contributed by atoms with van der Waals surface area (Å²) in [6, 6.07) is 6.79. The SMILES string of the molecule is O=C(CC12CC3CC(CC(C3)C1)C2)NCC(c1ccc(F)cc1)N1CCOCC1.[Cl-]. The number of carbonyl (C=O) groups excluding carboxylic acids is 1. The molecular formula is C24H33ClFN2O2-. The zero-order valence-electron chi connectivity index (χ0n) is 17.6. The van der Waals surface area contributed by atoms with Gasteiger partial charge >= 0.3 is 0 Å². The fraction of sp³-hybridized carbons (Fsp3) is 0.708. The van der Waals surface area contributed by atoms with Crippen LogP contribution in [0.4, 0.5) is 4.39 Å². The number of halogens is 2. The summed E-state index contributed by atoms with van der Waals surface area (Å²) in [6.45, 7) is 3.68. The summed E-state index contributed by atoms with van der Waals surface area (Å²) in [7, 11) is 0. The highest BCUT2D eigenvalue weighted by atomic mass is 35.5. The quantitative estimate of drug-likeness (QED) is 0.722. The number of morpholine rings is 1. The Morgan fingerprint density at radius 2 is 1.63 bits per heavy atom. The lowest BCUT2D eigenvalue weighted by atomic mass is 9.49. The van der Waals surface area contributed by atoms with E-state index in [0.29, 0.717) is 26.2 Å². The van der Waals surface area contributed by atoms with Gasteiger partial charge in [0, 0.05) is 26.1 Å². The van der Waals surface area contributed by atoms with Crippen molar-refractivity contribution in [2.45, 2.75) is 51.0 Å². The van der Waals surface area contributed by atoms with Gasteiger partial charge in [-0.15, -0.1) is 0 Å². The van der Waals surface area contributed by atoms with Crippen molar-refractivity contribution in [1.82, 2.24) is 10.2 Å². The largest absolute Gasteiger partial charge is 1.00 e. The molecule has 5 fully saturated rings. The average molecular weight is 436 g/mol. The molecule has 1 aliphatic heterocycles. The third-order valence-electron chi connectivity index (χ3n) is 7.93. The van der Waals surface area contributed by atoms with Crippen molar-refractivity contribution in [3.05, 3.63) is 35.6 Å². The minimum absolute atomic E-state index is 0. The Labute approximate surface area is 185 Å². The molecule has 5 aliphatic rings. The van der Waals surface area contributed by atoms with Crippen LogP contribution >= 0.6 is 0 Å². The van der Waals surface area contributed by atoms with E-state index in [1.54, 1.807) is 0 Å². The van der Waals surface area contributed by atoms with Crippen LogP contribution < -0.4 is 17.7 Å². The molecule has 0 aromatic heterocycles. The van der Waals surface area contributed by atoms with Gasteiger partial charge in [0.15, 0.2) is 0 Å². The van der Waals surface area contributed by atoms with E-state index in [9.17, 15) is 9.18 Å². The summed E-state index contributed by atoms with van der Waals surface area (Å²) in [5.74, 6) is 2.59. The molecule has 4 nitrogen and oxygen atoms in total. The van der Waals surface area contributed by atoms with Crippen molar-refractivity contribution < 1.29 is 26.3 Å². The van der Waals surface area contributed by atoms with Crippen LogP contribution in [0.15, 0.2) is 24.3 Å². The van der Waals surface area contributed by atoms with E-state index in [2.05, 4.69) is 10.2 Å². The van der Waals surface area contributed by atoms with Gasteiger partial charge in [-0.25, -0.2) is 4.39 Å². The van der Waals surface area contributed by atoms with Crippen LogP contribution in [-0.2, 0) is 9.53 Å². The maximum atomic E-state index is 13.4. The van der Waals surface area contributed by atoms with Crippen molar-refractivity contribution in [3.8, 4) is 0 Å². The highest BCUT2D eigenvalue weighted by molar-refractivity contribution is 5.76. The van der Waals surface area contributed by atoms with Gasteiger partial charge in [0.05, 0.1) is 19.3 Å². The molecule has 6 rings (SSSR count). The topological polar surface area (TPSA) is 41.6 Å². The monoisotopic (exact) mass is 435 g/mol. The Bertz CT molecular complexity index is 700. The number of ether oxygens (including phenoxy) is 1. The number of hydrogen-bond acceptors (Lipinski definition) is 3. The van der Waals surface area contributed by atoms with Crippen LogP contribution in [0.3, 0.4) is 0 Å². The van der Waals surface area contributed by atoms with Crippen molar-refractivity contribution >= 4 is 5.91 Å². The van der Waals surface area contributed by atoms with E-state index < -0.39 is 0 Å². The maximum Gasteiger partial charge on any atom is 0.220 e. The molecular weight excluding hydrogens is 403 g/mol. The Hall–Kier alpha value is -1.17. The minimum atomic E-state index is -0.222. The van der Waals surface area contributed by atoms with Gasteiger partial charge in [-0.05, 0) is 79.4 Å². The van der Waals surface area contributed by atoms with Gasteiger partial charge in [0.2, 0.25) is 5.91 Å².